The summed E-state index contributed by atoms with van der Waals surface area (Å²) in [6, 6.07) is -0.809. The Morgan fingerprint density at radius 3 is 2.58 bits per heavy atom. The first-order valence-corrected chi connectivity index (χ1v) is 4.02. The molecule has 5 nitrogen and oxygen atoms in total. The Morgan fingerprint density at radius 2 is 2.25 bits per heavy atom. The summed E-state index contributed by atoms with van der Waals surface area (Å²) < 4.78 is 0. The number of nitrogens with zero attached hydrogens (tertiary/aromatic N) is 1. The van der Waals surface area contributed by atoms with Gasteiger partial charge in [-0.25, -0.2) is 0 Å². The number of carboxylic acid groups (broad SMARTS) is 1. The summed E-state index contributed by atoms with van der Waals surface area (Å²) >= 11 is 0. The molecule has 12 heavy (non-hydrogen) atoms. The van der Waals surface area contributed by atoms with Gasteiger partial charge in [0.05, 0.1) is 0 Å². The van der Waals surface area contributed by atoms with Crippen molar-refractivity contribution in [2.45, 2.75) is 13.0 Å². The van der Waals surface area contributed by atoms with Crippen molar-refractivity contribution in [3.63, 3.8) is 0 Å². The maximum Gasteiger partial charge on any atom is 0.321 e. The van der Waals surface area contributed by atoms with Crippen LogP contribution in [0.15, 0.2) is 0 Å². The summed E-state index contributed by atoms with van der Waals surface area (Å²) in [5, 5.41) is 8.51. The molecule has 0 bridgehead atoms. The van der Waals surface area contributed by atoms with Gasteiger partial charge in [-0.3, -0.25) is 4.79 Å². The molecule has 0 rings (SSSR count). The molecule has 0 aliphatic rings. The third kappa shape index (κ3) is 4.27. The number of hydrogen-bond donors (Lipinski definition) is 3. The molecule has 0 aromatic heterocycles. The highest BCUT2D eigenvalue weighted by molar-refractivity contribution is 5.73. The zero-order chi connectivity index (χ0) is 9.56. The summed E-state index contributed by atoms with van der Waals surface area (Å²) in [4.78, 5) is 12.3. The number of carbonyl (C=O) groups is 1. The molecule has 0 saturated carbocycles. The van der Waals surface area contributed by atoms with Crippen molar-refractivity contribution in [2.24, 2.45) is 11.5 Å². The molecule has 0 fully saturated rings. The Bertz CT molecular complexity index is 141. The Labute approximate surface area is 72.3 Å². The van der Waals surface area contributed by atoms with E-state index < -0.39 is 12.0 Å². The second-order valence-electron chi connectivity index (χ2n) is 2.63. The van der Waals surface area contributed by atoms with Crippen LogP contribution in [0.4, 0.5) is 0 Å². The molecule has 0 aliphatic heterocycles. The van der Waals surface area contributed by atoms with Crippen LogP contribution in [0.3, 0.4) is 0 Å². The summed E-state index contributed by atoms with van der Waals surface area (Å²) in [5.41, 5.74) is 10.7. The number of rotatable bonds is 6. The molecule has 5 heteroatoms. The minimum Gasteiger partial charge on any atom is -0.480 e. The number of nitrogens with two attached hydrogens (primary N) is 2. The van der Waals surface area contributed by atoms with Gasteiger partial charge < -0.3 is 21.5 Å². The van der Waals surface area contributed by atoms with Crippen molar-refractivity contribution in [1.82, 2.24) is 4.90 Å². The normalized spacial score (nSPS) is 13.3. The molecular formula is C7H17N3O2. The van der Waals surface area contributed by atoms with Crippen LogP contribution in [0.5, 0.6) is 0 Å². The predicted molar refractivity (Wildman–Crippen MR) is 46.8 cm³/mol. The van der Waals surface area contributed by atoms with E-state index in [0.717, 1.165) is 6.54 Å². The van der Waals surface area contributed by atoms with Crippen LogP contribution in [0.25, 0.3) is 0 Å². The molecule has 5 N–H and O–H groups in total. The summed E-state index contributed by atoms with van der Waals surface area (Å²) in [7, 11) is 0. The molecule has 0 saturated heterocycles. The summed E-state index contributed by atoms with van der Waals surface area (Å²) in [6.45, 7) is 4.31. The average molecular weight is 175 g/mol. The van der Waals surface area contributed by atoms with E-state index in [1.807, 2.05) is 11.8 Å². The van der Waals surface area contributed by atoms with Crippen LogP contribution in [-0.2, 0) is 4.79 Å². The van der Waals surface area contributed by atoms with Gasteiger partial charge in [0.15, 0.2) is 0 Å². The monoisotopic (exact) mass is 175 g/mol. The van der Waals surface area contributed by atoms with Crippen LogP contribution in [-0.4, -0.2) is 48.2 Å². The fourth-order valence-corrected chi connectivity index (χ4v) is 0.917. The number of aliphatic carboxylic acids is 1. The zero-order valence-corrected chi connectivity index (χ0v) is 7.36. The second kappa shape index (κ2) is 5.93. The first-order valence-electron chi connectivity index (χ1n) is 4.02. The van der Waals surface area contributed by atoms with Gasteiger partial charge in [-0.1, -0.05) is 6.92 Å². The van der Waals surface area contributed by atoms with Gasteiger partial charge in [0.2, 0.25) is 0 Å². The van der Waals surface area contributed by atoms with Crippen molar-refractivity contribution >= 4 is 5.97 Å². The lowest BCUT2D eigenvalue weighted by atomic mass is 10.3. The average Bonchev–Trinajstić information content (AvgIpc) is 2.03. The Hall–Kier alpha value is -0.650. The fraction of sp³-hybridized carbons (Fsp3) is 0.857. The van der Waals surface area contributed by atoms with Crippen molar-refractivity contribution in [2.75, 3.05) is 26.2 Å². The van der Waals surface area contributed by atoms with E-state index in [2.05, 4.69) is 0 Å². The van der Waals surface area contributed by atoms with Crippen molar-refractivity contribution in [3.05, 3.63) is 0 Å². The standard InChI is InChI=1S/C7H17N3O2/c1-2-10(4-3-8)5-6(9)7(11)12/h6H,2-5,8-9H2,1H3,(H,11,12). The van der Waals surface area contributed by atoms with Crippen LogP contribution in [0, 0.1) is 0 Å². The Balaban J connectivity index is 3.76. The van der Waals surface area contributed by atoms with Crippen LogP contribution in [0.1, 0.15) is 6.92 Å². The van der Waals surface area contributed by atoms with Gasteiger partial charge in [0.1, 0.15) is 6.04 Å². The Kier molecular flexibility index (Phi) is 5.61. The van der Waals surface area contributed by atoms with Crippen molar-refractivity contribution in [3.8, 4) is 0 Å². The first-order chi connectivity index (χ1) is 5.61. The summed E-state index contributed by atoms with van der Waals surface area (Å²) in [5.74, 6) is -0.967. The quantitative estimate of drug-likeness (QED) is 0.465. The third-order valence-corrected chi connectivity index (χ3v) is 1.66. The first kappa shape index (κ1) is 11.4. The van der Waals surface area contributed by atoms with E-state index in [4.69, 9.17) is 16.6 Å². The molecule has 0 aromatic carbocycles. The van der Waals surface area contributed by atoms with E-state index in [-0.39, 0.29) is 0 Å². The molecule has 0 amide bonds. The topological polar surface area (TPSA) is 92.6 Å². The lowest BCUT2D eigenvalue weighted by molar-refractivity contribution is -0.138. The highest BCUT2D eigenvalue weighted by atomic mass is 16.4. The molecule has 0 radical (unpaired) electrons. The minimum atomic E-state index is -0.967. The third-order valence-electron chi connectivity index (χ3n) is 1.66. The van der Waals surface area contributed by atoms with Gasteiger partial charge >= 0.3 is 5.97 Å². The number of hydrogen-bond acceptors (Lipinski definition) is 4. The van der Waals surface area contributed by atoms with Crippen LogP contribution >= 0.6 is 0 Å². The van der Waals surface area contributed by atoms with Crippen molar-refractivity contribution < 1.29 is 9.90 Å². The van der Waals surface area contributed by atoms with Crippen molar-refractivity contribution in [1.29, 1.82) is 0 Å². The van der Waals surface area contributed by atoms with Gasteiger partial charge in [-0.2, -0.15) is 0 Å². The fourth-order valence-electron chi connectivity index (χ4n) is 0.917. The smallest absolute Gasteiger partial charge is 0.321 e. The van der Waals surface area contributed by atoms with E-state index >= 15 is 0 Å². The largest absolute Gasteiger partial charge is 0.480 e. The molecule has 1 atom stereocenters. The molecule has 1 unspecified atom stereocenters. The maximum absolute atomic E-state index is 10.4. The van der Waals surface area contributed by atoms with E-state index in [1.165, 1.54) is 0 Å². The predicted octanol–water partition coefficient (Wildman–Crippen LogP) is -1.32. The molecule has 0 heterocycles. The van der Waals surface area contributed by atoms with Crippen LogP contribution < -0.4 is 11.5 Å². The summed E-state index contributed by atoms with van der Waals surface area (Å²) in [6.07, 6.45) is 0. The molecule has 0 aromatic rings. The highest BCUT2D eigenvalue weighted by Crippen LogP contribution is 1.89. The van der Waals surface area contributed by atoms with E-state index in [1.54, 1.807) is 0 Å². The van der Waals surface area contributed by atoms with Gasteiger partial charge in [0.25, 0.3) is 0 Å². The lowest BCUT2D eigenvalue weighted by Crippen LogP contribution is -2.44. The maximum atomic E-state index is 10.4. The molecule has 0 aliphatic carbocycles. The van der Waals surface area contributed by atoms with Gasteiger partial charge in [-0.05, 0) is 6.54 Å². The van der Waals surface area contributed by atoms with E-state index in [9.17, 15) is 4.79 Å². The minimum absolute atomic E-state index is 0.364. The second-order valence-corrected chi connectivity index (χ2v) is 2.63. The SMILES string of the molecule is CCN(CCN)CC(N)C(=O)O. The molecule has 0 spiro atoms. The highest BCUT2D eigenvalue weighted by Gasteiger charge is 2.14. The number of likely N-dealkylation sites (N-methyl/N-ethyl adjacent to an activating group) is 1. The van der Waals surface area contributed by atoms with Gasteiger partial charge in [-0.15, -0.1) is 0 Å². The number of carboxylic acids is 1. The molecule has 72 valence electrons. The molecular weight excluding hydrogens is 158 g/mol. The van der Waals surface area contributed by atoms with E-state index in [0.29, 0.717) is 19.6 Å². The Morgan fingerprint density at radius 1 is 1.67 bits per heavy atom. The lowest BCUT2D eigenvalue weighted by Gasteiger charge is -2.21. The van der Waals surface area contributed by atoms with Crippen LogP contribution in [0.2, 0.25) is 0 Å². The van der Waals surface area contributed by atoms with Gasteiger partial charge in [0, 0.05) is 19.6 Å². The zero-order valence-electron chi connectivity index (χ0n) is 7.36.